The third kappa shape index (κ3) is 3.60. The Morgan fingerprint density at radius 1 is 1.22 bits per heavy atom. The summed E-state index contributed by atoms with van der Waals surface area (Å²) in [5.74, 6) is -0.0971. The third-order valence-corrected chi connectivity index (χ3v) is 3.56. The quantitative estimate of drug-likeness (QED) is 0.776. The molecule has 1 aliphatic carbocycles. The predicted octanol–water partition coefficient (Wildman–Crippen LogP) is 0.150. The van der Waals surface area contributed by atoms with Gasteiger partial charge in [0.05, 0.1) is 0 Å². The summed E-state index contributed by atoms with van der Waals surface area (Å²) in [4.78, 5) is 27.9. The fourth-order valence-corrected chi connectivity index (χ4v) is 2.30. The van der Waals surface area contributed by atoms with Crippen molar-refractivity contribution in [1.82, 2.24) is 14.7 Å². The normalized spacial score (nSPS) is 20.8. The Bertz CT molecular complexity index is 323. The Labute approximate surface area is 107 Å². The highest BCUT2D eigenvalue weighted by atomic mass is 16.4. The number of hydrogen-bond donors (Lipinski definition) is 1. The summed E-state index contributed by atoms with van der Waals surface area (Å²) in [5.41, 5.74) is 0. The van der Waals surface area contributed by atoms with Crippen molar-refractivity contribution >= 4 is 12.0 Å². The number of nitrogens with zero attached hydrogens (tertiary/aromatic N) is 3. The number of likely N-dealkylation sites (N-methyl/N-ethyl adjacent to an activating group) is 1. The van der Waals surface area contributed by atoms with E-state index in [1.165, 1.54) is 24.8 Å². The molecule has 2 fully saturated rings. The molecule has 0 aromatic carbocycles. The van der Waals surface area contributed by atoms with Crippen molar-refractivity contribution in [3.8, 4) is 0 Å². The van der Waals surface area contributed by atoms with Gasteiger partial charge >= 0.3 is 12.0 Å². The largest absolute Gasteiger partial charge is 0.480 e. The van der Waals surface area contributed by atoms with Gasteiger partial charge in [0.25, 0.3) is 0 Å². The van der Waals surface area contributed by atoms with Crippen LogP contribution in [0.5, 0.6) is 0 Å². The van der Waals surface area contributed by atoms with Crippen LogP contribution in [0.3, 0.4) is 0 Å². The average molecular weight is 255 g/mol. The van der Waals surface area contributed by atoms with Gasteiger partial charge in [0, 0.05) is 39.8 Å². The zero-order chi connectivity index (χ0) is 13.1. The van der Waals surface area contributed by atoms with Gasteiger partial charge < -0.3 is 14.9 Å². The van der Waals surface area contributed by atoms with Crippen LogP contribution in [0.2, 0.25) is 0 Å². The van der Waals surface area contributed by atoms with Crippen LogP contribution in [0.1, 0.15) is 12.8 Å². The number of carbonyl (C=O) groups excluding carboxylic acids is 1. The number of hydrogen-bond acceptors (Lipinski definition) is 3. The second-order valence-electron chi connectivity index (χ2n) is 5.26. The smallest absolute Gasteiger partial charge is 0.323 e. The van der Waals surface area contributed by atoms with Crippen LogP contribution < -0.4 is 0 Å². The SMILES string of the molecule is CN(CC(=O)O)C(=O)N1CCN(CC2CC2)CC1. The molecule has 2 rings (SSSR count). The Balaban J connectivity index is 1.73. The topological polar surface area (TPSA) is 64.1 Å². The number of carboxylic acid groups (broad SMARTS) is 1. The van der Waals surface area contributed by atoms with Crippen LogP contribution in [0.15, 0.2) is 0 Å². The van der Waals surface area contributed by atoms with Gasteiger partial charge in [-0.3, -0.25) is 9.69 Å². The fourth-order valence-electron chi connectivity index (χ4n) is 2.30. The lowest BCUT2D eigenvalue weighted by molar-refractivity contribution is -0.137. The lowest BCUT2D eigenvalue weighted by Gasteiger charge is -2.36. The van der Waals surface area contributed by atoms with Gasteiger partial charge in [-0.2, -0.15) is 0 Å². The van der Waals surface area contributed by atoms with E-state index in [0.29, 0.717) is 13.1 Å². The molecule has 0 unspecified atom stereocenters. The number of carbonyl (C=O) groups is 2. The molecule has 1 saturated carbocycles. The highest BCUT2D eigenvalue weighted by molar-refractivity contribution is 5.80. The Kier molecular flexibility index (Phi) is 4.06. The summed E-state index contributed by atoms with van der Waals surface area (Å²) >= 11 is 0. The number of urea groups is 1. The number of aliphatic carboxylic acids is 1. The summed E-state index contributed by atoms with van der Waals surface area (Å²) in [7, 11) is 1.53. The maximum absolute atomic E-state index is 11.9. The first-order chi connectivity index (χ1) is 8.56. The maximum atomic E-state index is 11.9. The van der Waals surface area contributed by atoms with Crippen molar-refractivity contribution in [3.63, 3.8) is 0 Å². The van der Waals surface area contributed by atoms with Crippen molar-refractivity contribution < 1.29 is 14.7 Å². The number of rotatable bonds is 4. The highest BCUT2D eigenvalue weighted by Crippen LogP contribution is 2.29. The van der Waals surface area contributed by atoms with E-state index in [9.17, 15) is 9.59 Å². The van der Waals surface area contributed by atoms with E-state index >= 15 is 0 Å². The molecule has 0 aromatic heterocycles. The Morgan fingerprint density at radius 2 is 1.83 bits per heavy atom. The van der Waals surface area contributed by atoms with E-state index in [1.54, 1.807) is 4.90 Å². The van der Waals surface area contributed by atoms with Crippen LogP contribution in [0.4, 0.5) is 4.79 Å². The molecule has 0 radical (unpaired) electrons. The zero-order valence-electron chi connectivity index (χ0n) is 10.8. The lowest BCUT2D eigenvalue weighted by atomic mass is 10.3. The number of piperazine rings is 1. The standard InChI is InChI=1S/C12H21N3O3/c1-13(9-11(16)17)12(18)15-6-4-14(5-7-15)8-10-2-3-10/h10H,2-9H2,1H3,(H,16,17). The molecular formula is C12H21N3O3. The third-order valence-electron chi connectivity index (χ3n) is 3.56. The van der Waals surface area contributed by atoms with Gasteiger partial charge in [0.15, 0.2) is 0 Å². The zero-order valence-corrected chi connectivity index (χ0v) is 10.8. The van der Waals surface area contributed by atoms with Crippen molar-refractivity contribution in [3.05, 3.63) is 0 Å². The van der Waals surface area contributed by atoms with Gasteiger partial charge in [-0.1, -0.05) is 0 Å². The minimum Gasteiger partial charge on any atom is -0.480 e. The lowest BCUT2D eigenvalue weighted by Crippen LogP contribution is -2.53. The van der Waals surface area contributed by atoms with Gasteiger partial charge in [-0.25, -0.2) is 4.79 Å². The molecule has 0 spiro atoms. The number of amides is 2. The second-order valence-corrected chi connectivity index (χ2v) is 5.26. The molecule has 1 saturated heterocycles. The second kappa shape index (κ2) is 5.56. The van der Waals surface area contributed by atoms with Gasteiger partial charge in [0.1, 0.15) is 6.54 Å². The van der Waals surface area contributed by atoms with E-state index in [1.807, 2.05) is 0 Å². The van der Waals surface area contributed by atoms with Crippen LogP contribution in [-0.4, -0.2) is 78.1 Å². The van der Waals surface area contributed by atoms with E-state index in [4.69, 9.17) is 5.11 Å². The highest BCUT2D eigenvalue weighted by Gasteiger charge is 2.28. The van der Waals surface area contributed by atoms with Gasteiger partial charge in [0.2, 0.25) is 0 Å². The molecular weight excluding hydrogens is 234 g/mol. The van der Waals surface area contributed by atoms with Crippen molar-refractivity contribution in [2.75, 3.05) is 46.3 Å². The monoisotopic (exact) mass is 255 g/mol. The van der Waals surface area contributed by atoms with Crippen molar-refractivity contribution in [1.29, 1.82) is 0 Å². The van der Waals surface area contributed by atoms with Crippen LogP contribution in [-0.2, 0) is 4.79 Å². The minimum absolute atomic E-state index is 0.177. The summed E-state index contributed by atoms with van der Waals surface area (Å²) in [6, 6.07) is -0.177. The summed E-state index contributed by atoms with van der Waals surface area (Å²) < 4.78 is 0. The molecule has 1 heterocycles. The van der Waals surface area contributed by atoms with Crippen molar-refractivity contribution in [2.24, 2.45) is 5.92 Å². The molecule has 0 bridgehead atoms. The molecule has 2 amide bonds. The van der Waals surface area contributed by atoms with Crippen molar-refractivity contribution in [2.45, 2.75) is 12.8 Å². The maximum Gasteiger partial charge on any atom is 0.323 e. The molecule has 0 aromatic rings. The average Bonchev–Trinajstić information content (AvgIpc) is 3.12. The molecule has 6 nitrogen and oxygen atoms in total. The van der Waals surface area contributed by atoms with E-state index < -0.39 is 5.97 Å². The summed E-state index contributed by atoms with van der Waals surface area (Å²) in [5, 5.41) is 8.66. The molecule has 2 aliphatic rings. The van der Waals surface area contributed by atoms with Gasteiger partial charge in [-0.15, -0.1) is 0 Å². The molecule has 0 atom stereocenters. The molecule has 6 heteroatoms. The molecule has 18 heavy (non-hydrogen) atoms. The summed E-state index contributed by atoms with van der Waals surface area (Å²) in [6.45, 7) is 4.14. The number of carboxylic acids is 1. The minimum atomic E-state index is -0.974. The Morgan fingerprint density at radius 3 is 2.33 bits per heavy atom. The molecule has 102 valence electrons. The predicted molar refractivity (Wildman–Crippen MR) is 66.4 cm³/mol. The van der Waals surface area contributed by atoms with Crippen LogP contribution in [0, 0.1) is 5.92 Å². The van der Waals surface area contributed by atoms with Gasteiger partial charge in [-0.05, 0) is 18.8 Å². The van der Waals surface area contributed by atoms with E-state index in [-0.39, 0.29) is 12.6 Å². The van der Waals surface area contributed by atoms with Crippen LogP contribution >= 0.6 is 0 Å². The fraction of sp³-hybridized carbons (Fsp3) is 0.833. The first-order valence-electron chi connectivity index (χ1n) is 6.50. The van der Waals surface area contributed by atoms with Crippen LogP contribution in [0.25, 0.3) is 0 Å². The first kappa shape index (κ1) is 13.1. The Hall–Kier alpha value is -1.30. The first-order valence-corrected chi connectivity index (χ1v) is 6.50. The summed E-state index contributed by atoms with van der Waals surface area (Å²) in [6.07, 6.45) is 2.70. The molecule has 1 aliphatic heterocycles. The molecule has 1 N–H and O–H groups in total. The van der Waals surface area contributed by atoms with E-state index in [2.05, 4.69) is 4.90 Å². The van der Waals surface area contributed by atoms with E-state index in [0.717, 1.165) is 25.6 Å².